The maximum absolute atomic E-state index is 13.1. The number of rotatable bonds is 3. The second kappa shape index (κ2) is 6.35. The molecule has 2 aromatic carbocycles. The maximum atomic E-state index is 13.1. The number of carbonyl (C=O) groups excluding carboxylic acids is 1. The van der Waals surface area contributed by atoms with Crippen molar-refractivity contribution in [1.29, 1.82) is 0 Å². The number of fused-ring (bicyclic) bond motifs is 1. The van der Waals surface area contributed by atoms with Gasteiger partial charge < -0.3 is 14.7 Å². The van der Waals surface area contributed by atoms with Gasteiger partial charge in [-0.1, -0.05) is 30.3 Å². The first kappa shape index (κ1) is 16.1. The lowest BCUT2D eigenvalue weighted by Gasteiger charge is -2.38. The highest BCUT2D eigenvalue weighted by atomic mass is 16.5. The molecule has 5 heteroatoms. The molecule has 1 aliphatic rings. The van der Waals surface area contributed by atoms with Crippen LogP contribution < -0.4 is 9.64 Å². The second-order valence-electron chi connectivity index (χ2n) is 5.91. The number of hydrogen-bond donors (Lipinski definition) is 1. The van der Waals surface area contributed by atoms with E-state index in [1.54, 1.807) is 41.3 Å². The van der Waals surface area contributed by atoms with E-state index in [1.807, 2.05) is 19.1 Å². The Kier molecular flexibility index (Phi) is 4.25. The summed E-state index contributed by atoms with van der Waals surface area (Å²) < 4.78 is 5.30. The highest BCUT2D eigenvalue weighted by Crippen LogP contribution is 2.39. The Morgan fingerprint density at radius 2 is 1.79 bits per heavy atom. The van der Waals surface area contributed by atoms with Gasteiger partial charge in [-0.15, -0.1) is 0 Å². The van der Waals surface area contributed by atoms with E-state index in [0.717, 1.165) is 0 Å². The van der Waals surface area contributed by atoms with Gasteiger partial charge in [-0.2, -0.15) is 0 Å². The topological polar surface area (TPSA) is 66.8 Å². The predicted molar refractivity (Wildman–Crippen MR) is 90.7 cm³/mol. The van der Waals surface area contributed by atoms with E-state index in [2.05, 4.69) is 0 Å². The number of amides is 1. The van der Waals surface area contributed by atoms with Crippen LogP contribution in [-0.4, -0.2) is 30.1 Å². The van der Waals surface area contributed by atoms with Crippen molar-refractivity contribution in [3.8, 4) is 5.75 Å². The number of nitrogens with zero attached hydrogens (tertiary/aromatic N) is 1. The lowest BCUT2D eigenvalue weighted by molar-refractivity contribution is -0.139. The van der Waals surface area contributed by atoms with Gasteiger partial charge in [-0.25, -0.2) is 0 Å². The number of methoxy groups -OCH3 is 1. The molecule has 2 aromatic rings. The van der Waals surface area contributed by atoms with Gasteiger partial charge in [-0.3, -0.25) is 9.59 Å². The van der Waals surface area contributed by atoms with Crippen LogP contribution in [-0.2, 0) is 4.79 Å². The minimum absolute atomic E-state index is 0.184. The molecule has 0 unspecified atom stereocenters. The van der Waals surface area contributed by atoms with Gasteiger partial charge in [0.15, 0.2) is 0 Å². The largest absolute Gasteiger partial charge is 0.496 e. The Labute approximate surface area is 140 Å². The van der Waals surface area contributed by atoms with Gasteiger partial charge in [0.2, 0.25) is 0 Å². The van der Waals surface area contributed by atoms with Gasteiger partial charge >= 0.3 is 5.97 Å². The quantitative estimate of drug-likeness (QED) is 0.940. The van der Waals surface area contributed by atoms with Crippen LogP contribution in [0, 0.1) is 0 Å². The molecular formula is C19H19NO4. The van der Waals surface area contributed by atoms with Crippen LogP contribution in [0.25, 0.3) is 0 Å². The molecule has 0 aliphatic carbocycles. The monoisotopic (exact) mass is 325 g/mol. The van der Waals surface area contributed by atoms with Crippen molar-refractivity contribution >= 4 is 17.6 Å². The van der Waals surface area contributed by atoms with Crippen molar-refractivity contribution in [1.82, 2.24) is 0 Å². The SMILES string of the molecule is COc1ccccc1C(=O)N1c2ccccc2[C@@H](C(=O)O)C[C@@H]1C. The molecule has 3 rings (SSSR count). The third kappa shape index (κ3) is 2.62. The molecule has 0 saturated carbocycles. The minimum Gasteiger partial charge on any atom is -0.496 e. The lowest BCUT2D eigenvalue weighted by Crippen LogP contribution is -2.44. The third-order valence-electron chi connectivity index (χ3n) is 4.44. The average Bonchev–Trinajstić information content (AvgIpc) is 2.60. The van der Waals surface area contributed by atoms with Crippen LogP contribution in [0.1, 0.15) is 35.2 Å². The van der Waals surface area contributed by atoms with Crippen molar-refractivity contribution in [2.24, 2.45) is 0 Å². The summed E-state index contributed by atoms with van der Waals surface area (Å²) in [6.45, 7) is 1.87. The molecule has 0 bridgehead atoms. The number of aliphatic carboxylic acids is 1. The molecule has 0 spiro atoms. The van der Waals surface area contributed by atoms with E-state index in [4.69, 9.17) is 4.74 Å². The first-order valence-corrected chi connectivity index (χ1v) is 7.83. The zero-order valence-electron chi connectivity index (χ0n) is 13.6. The Hall–Kier alpha value is -2.82. The van der Waals surface area contributed by atoms with Crippen molar-refractivity contribution in [2.75, 3.05) is 12.0 Å². The van der Waals surface area contributed by atoms with E-state index in [1.165, 1.54) is 7.11 Å². The Balaban J connectivity index is 2.09. The number of benzene rings is 2. The van der Waals surface area contributed by atoms with Crippen molar-refractivity contribution in [2.45, 2.75) is 25.3 Å². The first-order chi connectivity index (χ1) is 11.5. The summed E-state index contributed by atoms with van der Waals surface area (Å²) in [6, 6.07) is 14.0. The van der Waals surface area contributed by atoms with E-state index in [0.29, 0.717) is 29.0 Å². The van der Waals surface area contributed by atoms with Gasteiger partial charge in [0.25, 0.3) is 5.91 Å². The van der Waals surface area contributed by atoms with E-state index >= 15 is 0 Å². The fourth-order valence-electron chi connectivity index (χ4n) is 3.31. The number of carboxylic acids is 1. The number of para-hydroxylation sites is 2. The van der Waals surface area contributed by atoms with E-state index in [-0.39, 0.29) is 11.9 Å². The number of anilines is 1. The van der Waals surface area contributed by atoms with Gasteiger partial charge in [-0.05, 0) is 37.1 Å². The van der Waals surface area contributed by atoms with Crippen molar-refractivity contribution in [3.63, 3.8) is 0 Å². The number of carbonyl (C=O) groups is 2. The third-order valence-corrected chi connectivity index (χ3v) is 4.44. The molecule has 124 valence electrons. The Morgan fingerprint density at radius 3 is 2.50 bits per heavy atom. The van der Waals surface area contributed by atoms with Gasteiger partial charge in [0, 0.05) is 11.7 Å². The number of carboxylic acid groups (broad SMARTS) is 1. The molecule has 1 aliphatic heterocycles. The van der Waals surface area contributed by atoms with Gasteiger partial charge in [0.1, 0.15) is 5.75 Å². The summed E-state index contributed by atoms with van der Waals surface area (Å²) in [5.41, 5.74) is 1.79. The number of ether oxygens (including phenoxy) is 1. The molecular weight excluding hydrogens is 306 g/mol. The smallest absolute Gasteiger partial charge is 0.311 e. The molecule has 2 atom stereocenters. The van der Waals surface area contributed by atoms with Crippen molar-refractivity contribution in [3.05, 3.63) is 59.7 Å². The average molecular weight is 325 g/mol. The zero-order valence-corrected chi connectivity index (χ0v) is 13.6. The molecule has 24 heavy (non-hydrogen) atoms. The first-order valence-electron chi connectivity index (χ1n) is 7.83. The molecule has 0 radical (unpaired) electrons. The summed E-state index contributed by atoms with van der Waals surface area (Å²) in [4.78, 5) is 26.4. The normalized spacial score (nSPS) is 19.5. The molecule has 0 saturated heterocycles. The highest BCUT2D eigenvalue weighted by molar-refractivity contribution is 6.09. The highest BCUT2D eigenvalue weighted by Gasteiger charge is 2.37. The molecule has 1 heterocycles. The zero-order chi connectivity index (χ0) is 17.3. The standard InChI is InChI=1S/C19H19NO4/c1-12-11-15(19(22)23)13-7-3-5-9-16(13)20(12)18(21)14-8-4-6-10-17(14)24-2/h3-10,12,15H,11H2,1-2H3,(H,22,23)/t12-,15-/m0/s1. The summed E-state index contributed by atoms with van der Waals surface area (Å²) in [7, 11) is 1.53. The fourth-order valence-corrected chi connectivity index (χ4v) is 3.31. The van der Waals surface area contributed by atoms with Crippen LogP contribution in [0.2, 0.25) is 0 Å². The summed E-state index contributed by atoms with van der Waals surface area (Å²) in [6.07, 6.45) is 0.382. The van der Waals surface area contributed by atoms with Crippen LogP contribution in [0.5, 0.6) is 5.75 Å². The van der Waals surface area contributed by atoms with E-state index in [9.17, 15) is 14.7 Å². The minimum atomic E-state index is -0.862. The van der Waals surface area contributed by atoms with Crippen LogP contribution in [0.15, 0.2) is 48.5 Å². The summed E-state index contributed by atoms with van der Waals surface area (Å²) in [5.74, 6) is -1.14. The van der Waals surface area contributed by atoms with Crippen molar-refractivity contribution < 1.29 is 19.4 Å². The van der Waals surface area contributed by atoms with Crippen LogP contribution in [0.3, 0.4) is 0 Å². The molecule has 1 N–H and O–H groups in total. The van der Waals surface area contributed by atoms with Crippen LogP contribution >= 0.6 is 0 Å². The molecule has 1 amide bonds. The molecule has 5 nitrogen and oxygen atoms in total. The number of hydrogen-bond acceptors (Lipinski definition) is 3. The summed E-state index contributed by atoms with van der Waals surface area (Å²) >= 11 is 0. The lowest BCUT2D eigenvalue weighted by atomic mass is 9.85. The maximum Gasteiger partial charge on any atom is 0.311 e. The Bertz CT molecular complexity index is 786. The fraction of sp³-hybridized carbons (Fsp3) is 0.263. The molecule has 0 fully saturated rings. The molecule has 0 aromatic heterocycles. The van der Waals surface area contributed by atoms with E-state index < -0.39 is 11.9 Å². The van der Waals surface area contributed by atoms with Crippen LogP contribution in [0.4, 0.5) is 5.69 Å². The summed E-state index contributed by atoms with van der Waals surface area (Å²) in [5, 5.41) is 9.50. The second-order valence-corrected chi connectivity index (χ2v) is 5.91. The van der Waals surface area contributed by atoms with Gasteiger partial charge in [0.05, 0.1) is 18.6 Å². The Morgan fingerprint density at radius 1 is 1.12 bits per heavy atom. The predicted octanol–water partition coefficient (Wildman–Crippen LogP) is 3.30.